The molecule has 0 radical (unpaired) electrons. The predicted molar refractivity (Wildman–Crippen MR) is 175 cm³/mol. The molecule has 44 heavy (non-hydrogen) atoms. The molecule has 0 aliphatic carbocycles. The Morgan fingerprint density at radius 2 is 1.30 bits per heavy atom. The van der Waals surface area contributed by atoms with E-state index in [4.69, 9.17) is 9.47 Å². The third-order valence-electron chi connectivity index (χ3n) is 8.28. The van der Waals surface area contributed by atoms with E-state index in [0.29, 0.717) is 6.42 Å². The van der Waals surface area contributed by atoms with Crippen LogP contribution in [-0.2, 0) is 14.3 Å². The number of unbranched alkanes of at least 4 members (excludes halogenated alkanes) is 15. The molecule has 0 saturated carbocycles. The maximum absolute atomic E-state index is 12.8. The van der Waals surface area contributed by atoms with Crippen LogP contribution in [0.2, 0.25) is 0 Å². The number of ether oxygens (including phenoxy) is 2. The summed E-state index contributed by atoms with van der Waals surface area (Å²) in [6.07, 6.45) is 20.9. The number of hydrogen-bond donors (Lipinski definition) is 6. The first kappa shape index (κ1) is 40.7. The van der Waals surface area contributed by atoms with Crippen LogP contribution in [0, 0.1) is 0 Å². The van der Waals surface area contributed by atoms with Gasteiger partial charge >= 0.3 is 0 Å². The molecule has 258 valence electrons. The molecule has 0 bridgehead atoms. The van der Waals surface area contributed by atoms with E-state index in [1.807, 2.05) is 6.08 Å². The van der Waals surface area contributed by atoms with Gasteiger partial charge < -0.3 is 40.3 Å². The quantitative estimate of drug-likeness (QED) is 0.0537. The lowest BCUT2D eigenvalue weighted by Gasteiger charge is -2.40. The molecule has 1 aliphatic rings. The van der Waals surface area contributed by atoms with E-state index >= 15 is 0 Å². The molecular weight excluding hydrogens is 562 g/mol. The summed E-state index contributed by atoms with van der Waals surface area (Å²) in [4.78, 5) is 12.8. The van der Waals surface area contributed by atoms with Gasteiger partial charge in [-0.2, -0.15) is 0 Å². The normalized spacial score (nSPS) is 23.8. The molecule has 0 spiro atoms. The van der Waals surface area contributed by atoms with Crippen LogP contribution in [0.3, 0.4) is 0 Å². The molecule has 9 heteroatoms. The summed E-state index contributed by atoms with van der Waals surface area (Å²) in [5.74, 6) is -0.194. The largest absolute Gasteiger partial charge is 0.394 e. The first-order valence-electron chi connectivity index (χ1n) is 17.6. The zero-order valence-electron chi connectivity index (χ0n) is 27.7. The molecule has 1 rings (SSSR count). The highest BCUT2D eigenvalue weighted by Crippen LogP contribution is 2.22. The number of carbonyl (C=O) groups excluding carboxylic acids is 1. The van der Waals surface area contributed by atoms with Gasteiger partial charge in [0.15, 0.2) is 6.29 Å². The van der Waals surface area contributed by atoms with Crippen molar-refractivity contribution < 1.29 is 39.8 Å². The second kappa shape index (κ2) is 26.8. The molecule has 0 aromatic rings. The molecule has 2 unspecified atom stereocenters. The highest BCUT2D eigenvalue weighted by Gasteiger charge is 2.44. The molecule has 0 aromatic carbocycles. The van der Waals surface area contributed by atoms with E-state index in [1.54, 1.807) is 6.08 Å². The Morgan fingerprint density at radius 1 is 0.750 bits per heavy atom. The van der Waals surface area contributed by atoms with Crippen molar-refractivity contribution >= 4 is 5.91 Å². The van der Waals surface area contributed by atoms with Gasteiger partial charge in [0.2, 0.25) is 5.91 Å². The Balaban J connectivity index is 2.55. The zero-order chi connectivity index (χ0) is 32.4. The van der Waals surface area contributed by atoms with Gasteiger partial charge in [-0.15, -0.1) is 0 Å². The topological polar surface area (TPSA) is 149 Å². The summed E-state index contributed by atoms with van der Waals surface area (Å²) in [6, 6.07) is -0.812. The third-order valence-corrected chi connectivity index (χ3v) is 8.28. The SMILES string of the molecule is CCCCCCCC/C=C/CC/C=C/[C@@H](O)[C@H](CO[C@@H]1O[C@H](CO)[C@@H](O)C(O)C1O)NC(=O)CCCCCCCCCCC. The molecule has 1 heterocycles. The van der Waals surface area contributed by atoms with E-state index in [9.17, 15) is 30.3 Å². The first-order valence-corrected chi connectivity index (χ1v) is 17.6. The number of amides is 1. The fraction of sp³-hybridized carbons (Fsp3) is 0.857. The van der Waals surface area contributed by atoms with Crippen molar-refractivity contribution in [2.45, 2.75) is 179 Å². The maximum atomic E-state index is 12.8. The van der Waals surface area contributed by atoms with Crippen LogP contribution in [0.4, 0.5) is 0 Å². The Hall–Kier alpha value is -1.33. The molecular formula is C35H65NO8. The molecule has 1 aliphatic heterocycles. The highest BCUT2D eigenvalue weighted by molar-refractivity contribution is 5.76. The van der Waals surface area contributed by atoms with Crippen molar-refractivity contribution in [3.05, 3.63) is 24.3 Å². The van der Waals surface area contributed by atoms with Crippen molar-refractivity contribution in [3.8, 4) is 0 Å². The van der Waals surface area contributed by atoms with E-state index in [2.05, 4.69) is 31.3 Å². The standard InChI is InChI=1S/C35H65NO8/c1-3-5-7-9-11-13-14-15-17-18-20-22-24-29(38)28(27-43-35-34(42)33(41)32(40)30(26-37)44-35)36-31(39)25-23-21-19-16-12-10-8-6-4-2/h15,17,22,24,28-30,32-35,37-38,40-42H,3-14,16,18-21,23,25-27H2,1-2H3,(H,36,39)/b17-15+,24-22+/t28-,29+,30+,32+,33?,34?,35+/m0/s1. The third kappa shape index (κ3) is 18.6. The molecule has 7 atom stereocenters. The van der Waals surface area contributed by atoms with Crippen molar-refractivity contribution in [1.29, 1.82) is 0 Å². The number of nitrogens with one attached hydrogen (secondary N) is 1. The van der Waals surface area contributed by atoms with E-state index < -0.39 is 49.5 Å². The van der Waals surface area contributed by atoms with E-state index in [1.165, 1.54) is 77.0 Å². The second-order valence-electron chi connectivity index (χ2n) is 12.3. The van der Waals surface area contributed by atoms with Gasteiger partial charge in [0.05, 0.1) is 25.4 Å². The van der Waals surface area contributed by atoms with Gasteiger partial charge in [0.25, 0.3) is 0 Å². The van der Waals surface area contributed by atoms with Crippen LogP contribution in [0.25, 0.3) is 0 Å². The number of aliphatic hydroxyl groups is 5. The Labute approximate surface area is 267 Å². The van der Waals surface area contributed by atoms with Gasteiger partial charge in [-0.05, 0) is 32.1 Å². The monoisotopic (exact) mass is 627 g/mol. The van der Waals surface area contributed by atoms with Gasteiger partial charge in [-0.25, -0.2) is 0 Å². The molecule has 6 N–H and O–H groups in total. The number of hydrogen-bond acceptors (Lipinski definition) is 8. The second-order valence-corrected chi connectivity index (χ2v) is 12.3. The van der Waals surface area contributed by atoms with Gasteiger partial charge in [0, 0.05) is 6.42 Å². The van der Waals surface area contributed by atoms with E-state index in [-0.39, 0.29) is 12.5 Å². The van der Waals surface area contributed by atoms with Crippen LogP contribution in [0.5, 0.6) is 0 Å². The summed E-state index contributed by atoms with van der Waals surface area (Å²) in [7, 11) is 0. The summed E-state index contributed by atoms with van der Waals surface area (Å²) in [5.41, 5.74) is 0. The van der Waals surface area contributed by atoms with Gasteiger partial charge in [-0.3, -0.25) is 4.79 Å². The smallest absolute Gasteiger partial charge is 0.220 e. The first-order chi connectivity index (χ1) is 21.3. The van der Waals surface area contributed by atoms with Crippen LogP contribution in [0.1, 0.15) is 136 Å². The lowest BCUT2D eigenvalue weighted by Crippen LogP contribution is -2.60. The minimum Gasteiger partial charge on any atom is -0.394 e. The molecule has 0 aromatic heterocycles. The van der Waals surface area contributed by atoms with Crippen LogP contribution in [0.15, 0.2) is 24.3 Å². The Morgan fingerprint density at radius 3 is 1.91 bits per heavy atom. The molecule has 9 nitrogen and oxygen atoms in total. The van der Waals surface area contributed by atoms with Gasteiger partial charge in [-0.1, -0.05) is 122 Å². The van der Waals surface area contributed by atoms with Crippen molar-refractivity contribution in [1.82, 2.24) is 5.32 Å². The average molecular weight is 628 g/mol. The maximum Gasteiger partial charge on any atom is 0.220 e. The van der Waals surface area contributed by atoms with Crippen molar-refractivity contribution in [2.24, 2.45) is 0 Å². The Bertz CT molecular complexity index is 746. The van der Waals surface area contributed by atoms with Crippen LogP contribution >= 0.6 is 0 Å². The highest BCUT2D eigenvalue weighted by atomic mass is 16.7. The molecule has 1 amide bonds. The van der Waals surface area contributed by atoms with Crippen LogP contribution < -0.4 is 5.32 Å². The fourth-order valence-corrected chi connectivity index (χ4v) is 5.34. The number of allylic oxidation sites excluding steroid dienone is 3. The minimum atomic E-state index is -1.57. The lowest BCUT2D eigenvalue weighted by atomic mass is 9.99. The summed E-state index contributed by atoms with van der Waals surface area (Å²) < 4.78 is 11.1. The number of carbonyl (C=O) groups is 1. The summed E-state index contributed by atoms with van der Waals surface area (Å²) in [5, 5.41) is 53.6. The van der Waals surface area contributed by atoms with Crippen molar-refractivity contribution in [2.75, 3.05) is 13.2 Å². The van der Waals surface area contributed by atoms with Crippen LogP contribution in [-0.4, -0.2) is 87.5 Å². The number of aliphatic hydroxyl groups excluding tert-OH is 5. The lowest BCUT2D eigenvalue weighted by molar-refractivity contribution is -0.302. The fourth-order valence-electron chi connectivity index (χ4n) is 5.34. The predicted octanol–water partition coefficient (Wildman–Crippen LogP) is 5.21. The zero-order valence-corrected chi connectivity index (χ0v) is 27.7. The van der Waals surface area contributed by atoms with Crippen molar-refractivity contribution in [3.63, 3.8) is 0 Å². The molecule has 1 saturated heterocycles. The average Bonchev–Trinajstić information content (AvgIpc) is 3.02. The van der Waals surface area contributed by atoms with Gasteiger partial charge in [0.1, 0.15) is 24.4 Å². The summed E-state index contributed by atoms with van der Waals surface area (Å²) in [6.45, 7) is 3.67. The molecule has 1 fully saturated rings. The van der Waals surface area contributed by atoms with E-state index in [0.717, 1.165) is 38.5 Å². The Kier molecular flexibility index (Phi) is 24.8. The minimum absolute atomic E-state index is 0.194. The number of rotatable bonds is 27. The summed E-state index contributed by atoms with van der Waals surface area (Å²) >= 11 is 0.